The number of likely N-dealkylation sites (tertiary alicyclic amines) is 1. The second kappa shape index (κ2) is 7.14. The number of urea groups is 1. The third-order valence-corrected chi connectivity index (χ3v) is 3.46. The normalized spacial score (nSPS) is 18.8. The molecule has 0 spiro atoms. The van der Waals surface area contributed by atoms with Gasteiger partial charge in [0.2, 0.25) is 0 Å². The van der Waals surface area contributed by atoms with Crippen LogP contribution in [0.3, 0.4) is 0 Å². The lowest BCUT2D eigenvalue weighted by molar-refractivity contribution is 0.250. The number of anilines is 1. The molecule has 1 saturated heterocycles. The summed E-state index contributed by atoms with van der Waals surface area (Å²) in [4.78, 5) is 14.1. The molecule has 0 bridgehead atoms. The molecule has 1 aromatic carbocycles. The van der Waals surface area contributed by atoms with Gasteiger partial charge in [-0.15, -0.1) is 0 Å². The smallest absolute Gasteiger partial charge is 0.319 e. The molecule has 20 heavy (non-hydrogen) atoms. The molecule has 0 aromatic heterocycles. The summed E-state index contributed by atoms with van der Waals surface area (Å²) in [7, 11) is 2.11. The van der Waals surface area contributed by atoms with Gasteiger partial charge in [-0.05, 0) is 57.1 Å². The van der Waals surface area contributed by atoms with Crippen LogP contribution in [-0.4, -0.2) is 44.2 Å². The van der Waals surface area contributed by atoms with E-state index in [1.807, 2.05) is 31.2 Å². The summed E-state index contributed by atoms with van der Waals surface area (Å²) < 4.78 is 5.36. The molecule has 1 fully saturated rings. The third kappa shape index (κ3) is 4.42. The topological polar surface area (TPSA) is 53.6 Å². The SMILES string of the molecule is CCOc1ccc(NC(=O)NC[C@H]2CCN(C)C2)cc1. The van der Waals surface area contributed by atoms with Crippen LogP contribution in [0.2, 0.25) is 0 Å². The summed E-state index contributed by atoms with van der Waals surface area (Å²) >= 11 is 0. The quantitative estimate of drug-likeness (QED) is 0.867. The van der Waals surface area contributed by atoms with Gasteiger partial charge in [-0.1, -0.05) is 0 Å². The van der Waals surface area contributed by atoms with Crippen molar-refractivity contribution in [2.45, 2.75) is 13.3 Å². The number of ether oxygens (including phenoxy) is 1. The van der Waals surface area contributed by atoms with Crippen molar-refractivity contribution >= 4 is 11.7 Å². The van der Waals surface area contributed by atoms with E-state index in [0.29, 0.717) is 12.5 Å². The van der Waals surface area contributed by atoms with Crippen molar-refractivity contribution in [1.29, 1.82) is 0 Å². The standard InChI is InChI=1S/C15H23N3O2/c1-3-20-14-6-4-13(5-7-14)17-15(19)16-10-12-8-9-18(2)11-12/h4-7,12H,3,8-11H2,1-2H3,(H2,16,17,19)/t12-/m1/s1. The minimum atomic E-state index is -0.149. The van der Waals surface area contributed by atoms with Gasteiger partial charge < -0.3 is 20.3 Å². The largest absolute Gasteiger partial charge is 0.494 e. The van der Waals surface area contributed by atoms with Gasteiger partial charge in [0.25, 0.3) is 0 Å². The Labute approximate surface area is 120 Å². The maximum absolute atomic E-state index is 11.8. The highest BCUT2D eigenvalue weighted by Crippen LogP contribution is 2.16. The van der Waals surface area contributed by atoms with Crippen LogP contribution >= 0.6 is 0 Å². The van der Waals surface area contributed by atoms with E-state index in [-0.39, 0.29) is 6.03 Å². The summed E-state index contributed by atoms with van der Waals surface area (Å²) in [6.45, 7) is 5.49. The molecule has 2 amide bonds. The number of benzene rings is 1. The summed E-state index contributed by atoms with van der Waals surface area (Å²) in [5, 5.41) is 5.75. The number of hydrogen-bond acceptors (Lipinski definition) is 3. The molecule has 0 radical (unpaired) electrons. The molecule has 0 saturated carbocycles. The first-order valence-electron chi connectivity index (χ1n) is 7.13. The highest BCUT2D eigenvalue weighted by atomic mass is 16.5. The monoisotopic (exact) mass is 277 g/mol. The molecular formula is C15H23N3O2. The van der Waals surface area contributed by atoms with E-state index in [9.17, 15) is 4.79 Å². The fraction of sp³-hybridized carbons (Fsp3) is 0.533. The lowest BCUT2D eigenvalue weighted by Gasteiger charge is -2.12. The van der Waals surface area contributed by atoms with Crippen LogP contribution in [-0.2, 0) is 0 Å². The van der Waals surface area contributed by atoms with E-state index in [1.165, 1.54) is 0 Å². The van der Waals surface area contributed by atoms with E-state index in [0.717, 1.165) is 37.5 Å². The van der Waals surface area contributed by atoms with E-state index in [2.05, 4.69) is 22.6 Å². The van der Waals surface area contributed by atoms with Crippen molar-refractivity contribution in [2.24, 2.45) is 5.92 Å². The number of nitrogens with one attached hydrogen (secondary N) is 2. The van der Waals surface area contributed by atoms with Crippen molar-refractivity contribution < 1.29 is 9.53 Å². The first-order chi connectivity index (χ1) is 9.67. The van der Waals surface area contributed by atoms with Gasteiger partial charge in [0, 0.05) is 18.8 Å². The molecule has 5 heteroatoms. The predicted octanol–water partition coefficient (Wildman–Crippen LogP) is 2.16. The summed E-state index contributed by atoms with van der Waals surface area (Å²) in [5.74, 6) is 1.37. The molecule has 1 aromatic rings. The van der Waals surface area contributed by atoms with Crippen LogP contribution < -0.4 is 15.4 Å². The van der Waals surface area contributed by atoms with Gasteiger partial charge in [0.15, 0.2) is 0 Å². The lowest BCUT2D eigenvalue weighted by Crippen LogP contribution is -2.33. The van der Waals surface area contributed by atoms with Crippen molar-refractivity contribution in [3.63, 3.8) is 0 Å². The second-order valence-electron chi connectivity index (χ2n) is 5.21. The molecule has 1 aliphatic rings. The molecule has 0 unspecified atom stereocenters. The average molecular weight is 277 g/mol. The molecule has 2 rings (SSSR count). The first kappa shape index (κ1) is 14.7. The molecular weight excluding hydrogens is 254 g/mol. The summed E-state index contributed by atoms with van der Waals surface area (Å²) in [5.41, 5.74) is 0.773. The van der Waals surface area contributed by atoms with Gasteiger partial charge in [-0.3, -0.25) is 0 Å². The highest BCUT2D eigenvalue weighted by molar-refractivity contribution is 5.89. The van der Waals surface area contributed by atoms with Gasteiger partial charge in [0.1, 0.15) is 5.75 Å². The fourth-order valence-corrected chi connectivity index (χ4v) is 2.41. The van der Waals surface area contributed by atoms with Crippen molar-refractivity contribution in [1.82, 2.24) is 10.2 Å². The molecule has 5 nitrogen and oxygen atoms in total. The molecule has 0 aliphatic carbocycles. The first-order valence-corrected chi connectivity index (χ1v) is 7.13. The van der Waals surface area contributed by atoms with E-state index in [4.69, 9.17) is 4.74 Å². The van der Waals surface area contributed by atoms with Gasteiger partial charge in [-0.25, -0.2) is 4.79 Å². The molecule has 1 atom stereocenters. The minimum absolute atomic E-state index is 0.149. The van der Waals surface area contributed by atoms with Crippen LogP contribution in [0.25, 0.3) is 0 Å². The van der Waals surface area contributed by atoms with E-state index >= 15 is 0 Å². The maximum atomic E-state index is 11.8. The Kier molecular flexibility index (Phi) is 5.24. The van der Waals surface area contributed by atoms with Gasteiger partial charge in [0.05, 0.1) is 6.61 Å². The second-order valence-corrected chi connectivity index (χ2v) is 5.21. The number of carbonyl (C=O) groups excluding carboxylic acids is 1. The Hall–Kier alpha value is -1.75. The van der Waals surface area contributed by atoms with Crippen LogP contribution in [0.5, 0.6) is 5.75 Å². The lowest BCUT2D eigenvalue weighted by atomic mass is 10.1. The van der Waals surface area contributed by atoms with Crippen molar-refractivity contribution in [2.75, 3.05) is 38.6 Å². The summed E-state index contributed by atoms with van der Waals surface area (Å²) in [6.07, 6.45) is 1.15. The number of carbonyl (C=O) groups is 1. The Bertz CT molecular complexity index is 433. The van der Waals surface area contributed by atoms with Crippen LogP contribution in [0.1, 0.15) is 13.3 Å². The zero-order chi connectivity index (χ0) is 14.4. The van der Waals surface area contributed by atoms with E-state index < -0.39 is 0 Å². The zero-order valence-corrected chi connectivity index (χ0v) is 12.2. The van der Waals surface area contributed by atoms with E-state index in [1.54, 1.807) is 0 Å². The van der Waals surface area contributed by atoms with Crippen molar-refractivity contribution in [3.8, 4) is 5.75 Å². The molecule has 110 valence electrons. The number of rotatable bonds is 5. The Morgan fingerprint density at radius 3 is 2.75 bits per heavy atom. The zero-order valence-electron chi connectivity index (χ0n) is 12.2. The number of amides is 2. The predicted molar refractivity (Wildman–Crippen MR) is 80.2 cm³/mol. The third-order valence-electron chi connectivity index (χ3n) is 3.46. The number of nitrogens with zero attached hydrogens (tertiary/aromatic N) is 1. The minimum Gasteiger partial charge on any atom is -0.494 e. The van der Waals surface area contributed by atoms with Gasteiger partial charge >= 0.3 is 6.03 Å². The molecule has 1 heterocycles. The van der Waals surface area contributed by atoms with Crippen LogP contribution in [0.15, 0.2) is 24.3 Å². The highest BCUT2D eigenvalue weighted by Gasteiger charge is 2.19. The molecule has 2 N–H and O–H groups in total. The number of hydrogen-bond donors (Lipinski definition) is 2. The van der Waals surface area contributed by atoms with Gasteiger partial charge in [-0.2, -0.15) is 0 Å². The average Bonchev–Trinajstić information content (AvgIpc) is 2.85. The van der Waals surface area contributed by atoms with Crippen molar-refractivity contribution in [3.05, 3.63) is 24.3 Å². The summed E-state index contributed by atoms with van der Waals surface area (Å²) in [6, 6.07) is 7.24. The molecule has 1 aliphatic heterocycles. The fourth-order valence-electron chi connectivity index (χ4n) is 2.41. The Morgan fingerprint density at radius 2 is 2.15 bits per heavy atom. The Balaban J connectivity index is 1.73. The van der Waals surface area contributed by atoms with Crippen LogP contribution in [0.4, 0.5) is 10.5 Å². The van der Waals surface area contributed by atoms with Crippen LogP contribution in [0, 0.1) is 5.92 Å². The maximum Gasteiger partial charge on any atom is 0.319 e. The Morgan fingerprint density at radius 1 is 1.40 bits per heavy atom.